The van der Waals surface area contributed by atoms with Crippen LogP contribution in [0.15, 0.2) is 146 Å². The summed E-state index contributed by atoms with van der Waals surface area (Å²) in [5, 5.41) is 0. The number of benzene rings is 7. The van der Waals surface area contributed by atoms with Gasteiger partial charge in [-0.05, 0) is 195 Å². The Hall–Kier alpha value is -6.38. The summed E-state index contributed by atoms with van der Waals surface area (Å²) in [5.74, 6) is 0. The highest BCUT2D eigenvalue weighted by Crippen LogP contribution is 2.38. The average molecular weight is 729 g/mol. The Morgan fingerprint density at radius 3 is 0.643 bits per heavy atom. The Morgan fingerprint density at radius 2 is 0.429 bits per heavy atom. The molecule has 56 heavy (non-hydrogen) atoms. The highest BCUT2D eigenvalue weighted by molar-refractivity contribution is 5.81. The quantitative estimate of drug-likeness (QED) is 0.129. The van der Waals surface area contributed by atoms with E-state index in [-0.39, 0.29) is 0 Å². The molecular formula is C54H52N2. The third-order valence-electron chi connectivity index (χ3n) is 11.2. The molecule has 2 heteroatoms. The molecule has 7 aromatic carbocycles. The van der Waals surface area contributed by atoms with Gasteiger partial charge < -0.3 is 9.80 Å². The van der Waals surface area contributed by atoms with Crippen molar-refractivity contribution < 1.29 is 0 Å². The minimum atomic E-state index is 1.14. The first-order valence-electron chi connectivity index (χ1n) is 19.6. The molecule has 0 aromatic heterocycles. The lowest BCUT2D eigenvalue weighted by Gasteiger charge is -2.27. The van der Waals surface area contributed by atoms with E-state index in [0.717, 1.165) is 22.5 Å². The molecule has 7 rings (SSSR count). The van der Waals surface area contributed by atoms with E-state index in [1.54, 1.807) is 0 Å². The van der Waals surface area contributed by atoms with Crippen LogP contribution < -0.4 is 9.80 Å². The topological polar surface area (TPSA) is 6.48 Å². The molecule has 0 radical (unpaired) electrons. The van der Waals surface area contributed by atoms with Crippen LogP contribution in [-0.2, 0) is 0 Å². The first kappa shape index (κ1) is 37.9. The lowest BCUT2D eigenvalue weighted by molar-refractivity contribution is 1.23. The Labute approximate surface area is 334 Å². The van der Waals surface area contributed by atoms with Crippen molar-refractivity contribution in [2.75, 3.05) is 9.80 Å². The Balaban J connectivity index is 1.04. The van der Waals surface area contributed by atoms with Crippen LogP contribution >= 0.6 is 0 Å². The van der Waals surface area contributed by atoms with E-state index >= 15 is 0 Å². The van der Waals surface area contributed by atoms with Crippen LogP contribution in [0.4, 0.5) is 34.1 Å². The maximum atomic E-state index is 2.35. The zero-order valence-electron chi connectivity index (χ0n) is 34.1. The van der Waals surface area contributed by atoms with Crippen molar-refractivity contribution in [2.24, 2.45) is 0 Å². The second-order valence-electron chi connectivity index (χ2n) is 15.3. The van der Waals surface area contributed by atoms with Gasteiger partial charge in [0.05, 0.1) is 0 Å². The van der Waals surface area contributed by atoms with Crippen LogP contribution in [-0.4, -0.2) is 0 Å². The first-order valence-corrected chi connectivity index (χ1v) is 19.6. The van der Waals surface area contributed by atoms with Crippen LogP contribution in [0, 0.1) is 55.4 Å². The molecule has 0 aliphatic heterocycles. The summed E-state index contributed by atoms with van der Waals surface area (Å²) < 4.78 is 0. The Kier molecular flexibility index (Phi) is 11.2. The molecule has 0 N–H and O–H groups in total. The fourth-order valence-corrected chi connectivity index (χ4v) is 6.93. The summed E-state index contributed by atoms with van der Waals surface area (Å²) in [4.78, 5) is 4.69. The average Bonchev–Trinajstić information content (AvgIpc) is 3.20. The number of nitrogens with zero attached hydrogens (tertiary/aromatic N) is 2. The fourth-order valence-electron chi connectivity index (χ4n) is 6.93. The van der Waals surface area contributed by atoms with E-state index in [0.29, 0.717) is 0 Å². The van der Waals surface area contributed by atoms with Gasteiger partial charge in [-0.25, -0.2) is 0 Å². The van der Waals surface area contributed by atoms with Crippen molar-refractivity contribution in [3.05, 3.63) is 212 Å². The maximum Gasteiger partial charge on any atom is 0.0464 e. The van der Waals surface area contributed by atoms with E-state index in [2.05, 4.69) is 235 Å². The van der Waals surface area contributed by atoms with E-state index in [1.165, 1.54) is 78.4 Å². The first-order chi connectivity index (χ1) is 27.0. The standard InChI is InChI=1S/C54H52N2/c1-37-9-25-51(33-41(37)5)55(52-26-10-38(2)42(6)34-52)49-29-21-47(22-30-49)19-17-45-13-15-46(16-14-45)18-20-48-23-31-50(32-24-48)56(53-27-11-39(3)43(7)35-53)54-28-12-40(4)44(8)36-54/h9-36H,1-8H3/b19-17+,20-18+. The molecule has 278 valence electrons. The van der Waals surface area contributed by atoms with Gasteiger partial charge in [0.1, 0.15) is 0 Å². The molecule has 0 unspecified atom stereocenters. The summed E-state index contributed by atoms with van der Waals surface area (Å²) in [5.41, 5.74) is 21.9. The lowest BCUT2D eigenvalue weighted by Crippen LogP contribution is -2.10. The van der Waals surface area contributed by atoms with Gasteiger partial charge in [0.2, 0.25) is 0 Å². The highest BCUT2D eigenvalue weighted by Gasteiger charge is 2.15. The molecule has 0 amide bonds. The molecule has 0 aliphatic carbocycles. The molecule has 0 bridgehead atoms. The molecule has 0 atom stereocenters. The number of aryl methyl sites for hydroxylation is 8. The van der Waals surface area contributed by atoms with Crippen molar-refractivity contribution in [3.63, 3.8) is 0 Å². The maximum absolute atomic E-state index is 2.35. The minimum Gasteiger partial charge on any atom is -0.310 e. The van der Waals surface area contributed by atoms with E-state index in [4.69, 9.17) is 0 Å². The normalized spacial score (nSPS) is 11.4. The zero-order chi connectivity index (χ0) is 39.3. The van der Waals surface area contributed by atoms with Gasteiger partial charge in [0.15, 0.2) is 0 Å². The van der Waals surface area contributed by atoms with Crippen LogP contribution in [0.2, 0.25) is 0 Å². The van der Waals surface area contributed by atoms with E-state index in [1.807, 2.05) is 0 Å². The van der Waals surface area contributed by atoms with Crippen molar-refractivity contribution in [1.82, 2.24) is 0 Å². The molecule has 0 saturated carbocycles. The molecule has 0 fully saturated rings. The lowest BCUT2D eigenvalue weighted by atomic mass is 10.0. The molecule has 0 heterocycles. The summed E-state index contributed by atoms with van der Waals surface area (Å²) in [6, 6.07) is 53.2. The third kappa shape index (κ3) is 8.61. The molecule has 0 aliphatic rings. The molecule has 7 aromatic rings. The van der Waals surface area contributed by atoms with Gasteiger partial charge in [-0.1, -0.05) is 97.1 Å². The predicted molar refractivity (Wildman–Crippen MR) is 244 cm³/mol. The number of hydrogen-bond donors (Lipinski definition) is 0. The number of rotatable bonds is 10. The second kappa shape index (κ2) is 16.6. The number of hydrogen-bond acceptors (Lipinski definition) is 2. The molecule has 2 nitrogen and oxygen atoms in total. The third-order valence-corrected chi connectivity index (χ3v) is 11.2. The van der Waals surface area contributed by atoms with Crippen molar-refractivity contribution in [1.29, 1.82) is 0 Å². The monoisotopic (exact) mass is 728 g/mol. The van der Waals surface area contributed by atoms with Crippen molar-refractivity contribution in [3.8, 4) is 0 Å². The van der Waals surface area contributed by atoms with Gasteiger partial charge in [0, 0.05) is 34.1 Å². The SMILES string of the molecule is Cc1ccc(N(c2ccc(/C=C/c3ccc(/C=C/c4ccc(N(c5ccc(C)c(C)c5)c5ccc(C)c(C)c5)cc4)cc3)cc2)c2ccc(C)c(C)c2)cc1C. The minimum absolute atomic E-state index is 1.14. The van der Waals surface area contributed by atoms with E-state index < -0.39 is 0 Å². The largest absolute Gasteiger partial charge is 0.310 e. The van der Waals surface area contributed by atoms with E-state index in [9.17, 15) is 0 Å². The van der Waals surface area contributed by atoms with Crippen LogP contribution in [0.1, 0.15) is 66.8 Å². The van der Waals surface area contributed by atoms with Gasteiger partial charge in [-0.3, -0.25) is 0 Å². The van der Waals surface area contributed by atoms with Gasteiger partial charge in [-0.15, -0.1) is 0 Å². The Morgan fingerprint density at radius 1 is 0.232 bits per heavy atom. The van der Waals surface area contributed by atoms with Crippen molar-refractivity contribution >= 4 is 58.4 Å². The summed E-state index contributed by atoms with van der Waals surface area (Å²) in [6.07, 6.45) is 8.74. The summed E-state index contributed by atoms with van der Waals surface area (Å²) in [6.45, 7) is 17.4. The van der Waals surface area contributed by atoms with Gasteiger partial charge in [-0.2, -0.15) is 0 Å². The highest BCUT2D eigenvalue weighted by atomic mass is 15.1. The molecule has 0 spiro atoms. The molecular weight excluding hydrogens is 677 g/mol. The van der Waals surface area contributed by atoms with Crippen molar-refractivity contribution in [2.45, 2.75) is 55.4 Å². The van der Waals surface area contributed by atoms with Gasteiger partial charge in [0.25, 0.3) is 0 Å². The zero-order valence-corrected chi connectivity index (χ0v) is 34.1. The second-order valence-corrected chi connectivity index (χ2v) is 15.3. The summed E-state index contributed by atoms with van der Waals surface area (Å²) >= 11 is 0. The smallest absolute Gasteiger partial charge is 0.0464 e. The fraction of sp³-hybridized carbons (Fsp3) is 0.148. The summed E-state index contributed by atoms with van der Waals surface area (Å²) in [7, 11) is 0. The predicted octanol–water partition coefficient (Wildman–Crippen LogP) is 15.4. The molecule has 0 saturated heterocycles. The van der Waals surface area contributed by atoms with Crippen LogP contribution in [0.5, 0.6) is 0 Å². The van der Waals surface area contributed by atoms with Crippen LogP contribution in [0.3, 0.4) is 0 Å². The Bertz CT molecular complexity index is 2250. The van der Waals surface area contributed by atoms with Gasteiger partial charge >= 0.3 is 0 Å². The number of anilines is 6. The van der Waals surface area contributed by atoms with Crippen LogP contribution in [0.25, 0.3) is 24.3 Å².